The zero-order valence-electron chi connectivity index (χ0n) is 25.3. The summed E-state index contributed by atoms with van der Waals surface area (Å²) < 4.78 is 5.85. The Kier molecular flexibility index (Phi) is 9.43. The van der Waals surface area contributed by atoms with Crippen molar-refractivity contribution in [1.82, 2.24) is 25.1 Å². The fraction of sp³-hybridized carbons (Fsp3) is 0.545. The summed E-state index contributed by atoms with van der Waals surface area (Å²) in [6.07, 6.45) is 3.68. The summed E-state index contributed by atoms with van der Waals surface area (Å²) in [6.45, 7) is 13.6. The molecule has 2 N–H and O–H groups in total. The van der Waals surface area contributed by atoms with E-state index in [0.717, 1.165) is 75.3 Å². The molecule has 0 bridgehead atoms. The minimum Gasteiger partial charge on any atom is -0.481 e. The van der Waals surface area contributed by atoms with Crippen molar-refractivity contribution in [3.63, 3.8) is 0 Å². The van der Waals surface area contributed by atoms with E-state index >= 15 is 0 Å². The molecule has 1 atom stereocenters. The second kappa shape index (κ2) is 13.0. The van der Waals surface area contributed by atoms with Crippen LogP contribution in [0.2, 0.25) is 5.02 Å². The number of nitrogens with one attached hydrogen (secondary N) is 2. The number of fused-ring (bicyclic) bond motifs is 1. The minimum absolute atomic E-state index is 0.0458. The standard InChI is InChI=1S/C33H44ClN5O3/c1-22(42-26-10-8-25(34)9-11-26)31(41)39-18-14-24(15-19-39)21-38-16-12-23(13-17-38)20-35-30(40)27-6-5-7-28-29(27)37-32(36-28)33(2,3)4/h5-11,22-24H,12-21H2,1-4H3,(H,35,40)(H,36,37). The van der Waals surface area contributed by atoms with Crippen molar-refractivity contribution in [2.45, 2.75) is 64.9 Å². The predicted octanol–water partition coefficient (Wildman–Crippen LogP) is 5.66. The Labute approximate surface area is 254 Å². The van der Waals surface area contributed by atoms with Gasteiger partial charge in [0, 0.05) is 36.6 Å². The molecule has 1 aromatic heterocycles. The van der Waals surface area contributed by atoms with Crippen LogP contribution in [0.4, 0.5) is 0 Å². The lowest BCUT2D eigenvalue weighted by Crippen LogP contribution is -2.47. The number of nitrogens with zero attached hydrogens (tertiary/aromatic N) is 3. The first-order valence-electron chi connectivity index (χ1n) is 15.3. The molecule has 2 amide bonds. The molecule has 9 heteroatoms. The number of amides is 2. The van der Waals surface area contributed by atoms with Crippen molar-refractivity contribution in [3.05, 3.63) is 58.9 Å². The molecule has 3 aromatic rings. The molecule has 0 saturated carbocycles. The molecule has 1 unspecified atom stereocenters. The smallest absolute Gasteiger partial charge is 0.263 e. The second-order valence-corrected chi connectivity index (χ2v) is 13.4. The highest BCUT2D eigenvalue weighted by atomic mass is 35.5. The largest absolute Gasteiger partial charge is 0.481 e. The Bertz CT molecular complexity index is 1370. The summed E-state index contributed by atoms with van der Waals surface area (Å²) >= 11 is 5.94. The number of H-pyrrole nitrogens is 1. The van der Waals surface area contributed by atoms with Crippen LogP contribution in [-0.2, 0) is 10.2 Å². The van der Waals surface area contributed by atoms with Crippen LogP contribution < -0.4 is 10.1 Å². The summed E-state index contributed by atoms with van der Waals surface area (Å²) in [5.41, 5.74) is 2.16. The summed E-state index contributed by atoms with van der Waals surface area (Å²) in [7, 11) is 0. The van der Waals surface area contributed by atoms with Gasteiger partial charge < -0.3 is 24.8 Å². The SMILES string of the molecule is CC(Oc1ccc(Cl)cc1)C(=O)N1CCC(CN2CCC(CNC(=O)c3cccc4[nH]c(C(C)(C)C)nc34)CC2)CC1. The third kappa shape index (κ3) is 7.45. The average molecular weight is 594 g/mol. The fourth-order valence-corrected chi connectivity index (χ4v) is 6.13. The predicted molar refractivity (Wildman–Crippen MR) is 167 cm³/mol. The highest BCUT2D eigenvalue weighted by Crippen LogP contribution is 2.26. The molecule has 2 aliphatic rings. The number of carbonyl (C=O) groups excluding carboxylic acids is 2. The minimum atomic E-state index is -0.518. The number of hydrogen-bond acceptors (Lipinski definition) is 5. The van der Waals surface area contributed by atoms with Gasteiger partial charge in [-0.15, -0.1) is 0 Å². The number of hydrogen-bond donors (Lipinski definition) is 2. The lowest BCUT2D eigenvalue weighted by molar-refractivity contribution is -0.139. The number of para-hydroxylation sites is 1. The van der Waals surface area contributed by atoms with E-state index in [1.54, 1.807) is 24.3 Å². The number of aromatic amines is 1. The van der Waals surface area contributed by atoms with Gasteiger partial charge in [0.1, 0.15) is 17.1 Å². The number of ether oxygens (including phenoxy) is 1. The van der Waals surface area contributed by atoms with Crippen LogP contribution >= 0.6 is 11.6 Å². The maximum atomic E-state index is 13.1. The van der Waals surface area contributed by atoms with Crippen LogP contribution in [0.15, 0.2) is 42.5 Å². The van der Waals surface area contributed by atoms with Gasteiger partial charge in [0.25, 0.3) is 11.8 Å². The Balaban J connectivity index is 1.02. The van der Waals surface area contributed by atoms with E-state index in [1.165, 1.54) is 0 Å². The first-order chi connectivity index (χ1) is 20.1. The maximum Gasteiger partial charge on any atom is 0.263 e. The monoisotopic (exact) mass is 593 g/mol. The summed E-state index contributed by atoms with van der Waals surface area (Å²) in [4.78, 5) is 38.7. The number of halogens is 1. The number of piperidine rings is 2. The third-order valence-corrected chi connectivity index (χ3v) is 8.90. The number of aromatic nitrogens is 2. The topological polar surface area (TPSA) is 90.6 Å². The molecule has 2 saturated heterocycles. The van der Waals surface area contributed by atoms with E-state index in [-0.39, 0.29) is 17.2 Å². The van der Waals surface area contributed by atoms with Crippen LogP contribution in [0.1, 0.15) is 69.6 Å². The van der Waals surface area contributed by atoms with Gasteiger partial charge in [0.05, 0.1) is 11.1 Å². The third-order valence-electron chi connectivity index (χ3n) is 8.64. The maximum absolute atomic E-state index is 13.1. The fourth-order valence-electron chi connectivity index (χ4n) is 6.00. The first kappa shape index (κ1) is 30.4. The molecule has 0 radical (unpaired) electrons. The van der Waals surface area contributed by atoms with Crippen LogP contribution in [0.5, 0.6) is 5.75 Å². The molecule has 0 aliphatic carbocycles. The van der Waals surface area contributed by atoms with Crippen molar-refractivity contribution >= 4 is 34.4 Å². The number of imidazole rings is 1. The van der Waals surface area contributed by atoms with Gasteiger partial charge >= 0.3 is 0 Å². The quantitative estimate of drug-likeness (QED) is 0.352. The van der Waals surface area contributed by atoms with Crippen molar-refractivity contribution < 1.29 is 14.3 Å². The molecular formula is C33H44ClN5O3. The summed E-state index contributed by atoms with van der Waals surface area (Å²) in [5.74, 6) is 2.62. The second-order valence-electron chi connectivity index (χ2n) is 13.0. The van der Waals surface area contributed by atoms with Crippen molar-refractivity contribution in [1.29, 1.82) is 0 Å². The zero-order valence-corrected chi connectivity index (χ0v) is 26.0. The Morgan fingerprint density at radius 1 is 1.02 bits per heavy atom. The molecule has 5 rings (SSSR count). The summed E-state index contributed by atoms with van der Waals surface area (Å²) in [5, 5.41) is 3.83. The Hall–Kier alpha value is -3.10. The normalized spacial score (nSPS) is 18.3. The van der Waals surface area contributed by atoms with Crippen molar-refractivity contribution in [2.24, 2.45) is 11.8 Å². The van der Waals surface area contributed by atoms with E-state index in [1.807, 2.05) is 30.0 Å². The molecule has 0 spiro atoms. The van der Waals surface area contributed by atoms with Gasteiger partial charge in [-0.2, -0.15) is 0 Å². The number of rotatable bonds is 8. The van der Waals surface area contributed by atoms with E-state index < -0.39 is 6.10 Å². The molecule has 2 fully saturated rings. The highest BCUT2D eigenvalue weighted by molar-refractivity contribution is 6.30. The van der Waals surface area contributed by atoms with Crippen molar-refractivity contribution in [2.75, 3.05) is 39.3 Å². The van der Waals surface area contributed by atoms with E-state index in [4.69, 9.17) is 21.3 Å². The molecule has 2 aromatic carbocycles. The molecule has 8 nitrogen and oxygen atoms in total. The number of benzene rings is 2. The lowest BCUT2D eigenvalue weighted by Gasteiger charge is -2.38. The van der Waals surface area contributed by atoms with E-state index in [2.05, 4.69) is 36.0 Å². The molecule has 226 valence electrons. The molecule has 3 heterocycles. The van der Waals surface area contributed by atoms with Gasteiger partial charge in [0.2, 0.25) is 0 Å². The van der Waals surface area contributed by atoms with Crippen LogP contribution in [0, 0.1) is 11.8 Å². The van der Waals surface area contributed by atoms with Crippen LogP contribution in [0.25, 0.3) is 11.0 Å². The van der Waals surface area contributed by atoms with Gasteiger partial charge in [0.15, 0.2) is 6.10 Å². The van der Waals surface area contributed by atoms with Gasteiger partial charge in [-0.1, -0.05) is 38.4 Å². The lowest BCUT2D eigenvalue weighted by atomic mass is 9.92. The van der Waals surface area contributed by atoms with E-state index in [9.17, 15) is 9.59 Å². The molecule has 2 aliphatic heterocycles. The van der Waals surface area contributed by atoms with Crippen LogP contribution in [-0.4, -0.2) is 77.0 Å². The van der Waals surface area contributed by atoms with Gasteiger partial charge in [-0.25, -0.2) is 4.98 Å². The zero-order chi connectivity index (χ0) is 29.9. The molecular weight excluding hydrogens is 550 g/mol. The number of likely N-dealkylation sites (tertiary alicyclic amines) is 2. The van der Waals surface area contributed by atoms with Gasteiger partial charge in [-0.3, -0.25) is 9.59 Å². The number of carbonyl (C=O) groups is 2. The summed E-state index contributed by atoms with van der Waals surface area (Å²) in [6, 6.07) is 12.9. The highest BCUT2D eigenvalue weighted by Gasteiger charge is 2.29. The Morgan fingerprint density at radius 3 is 2.36 bits per heavy atom. The first-order valence-corrected chi connectivity index (χ1v) is 15.7. The van der Waals surface area contributed by atoms with Gasteiger partial charge in [-0.05, 0) is 93.9 Å². The van der Waals surface area contributed by atoms with Crippen molar-refractivity contribution in [3.8, 4) is 5.75 Å². The Morgan fingerprint density at radius 2 is 1.69 bits per heavy atom. The average Bonchev–Trinajstić information content (AvgIpc) is 3.43. The van der Waals surface area contributed by atoms with E-state index in [0.29, 0.717) is 34.7 Å². The molecule has 42 heavy (non-hydrogen) atoms. The van der Waals surface area contributed by atoms with Crippen LogP contribution in [0.3, 0.4) is 0 Å².